The lowest BCUT2D eigenvalue weighted by Gasteiger charge is -2.22. The molecule has 190 valence electrons. The Morgan fingerprint density at radius 2 is 1.92 bits per heavy atom. The maximum absolute atomic E-state index is 13.3. The van der Waals surface area contributed by atoms with E-state index in [1.165, 1.54) is 18.2 Å². The van der Waals surface area contributed by atoms with Gasteiger partial charge in [-0.2, -0.15) is 0 Å². The average Bonchev–Trinajstić information content (AvgIpc) is 3.44. The van der Waals surface area contributed by atoms with Crippen molar-refractivity contribution in [1.29, 1.82) is 0 Å². The minimum absolute atomic E-state index is 0.0573. The second-order valence-electron chi connectivity index (χ2n) is 8.63. The molecule has 0 radical (unpaired) electrons. The molecule has 0 fully saturated rings. The first-order valence-corrected chi connectivity index (χ1v) is 12.7. The molecule has 0 saturated carbocycles. The van der Waals surface area contributed by atoms with Gasteiger partial charge in [0.2, 0.25) is 0 Å². The highest BCUT2D eigenvalue weighted by Crippen LogP contribution is 2.36. The Labute approximate surface area is 220 Å². The lowest BCUT2D eigenvalue weighted by molar-refractivity contribution is -0.384. The van der Waals surface area contributed by atoms with Crippen LogP contribution in [0.15, 0.2) is 66.0 Å². The molecule has 5 rings (SSSR count). The van der Waals surface area contributed by atoms with E-state index in [9.17, 15) is 24.5 Å². The third-order valence-electron chi connectivity index (χ3n) is 6.14. The lowest BCUT2D eigenvalue weighted by atomic mass is 9.86. The topological polar surface area (TPSA) is 129 Å². The van der Waals surface area contributed by atoms with Gasteiger partial charge in [0.05, 0.1) is 21.7 Å². The third kappa shape index (κ3) is 5.21. The number of benzene rings is 2. The fourth-order valence-electron chi connectivity index (χ4n) is 4.45. The van der Waals surface area contributed by atoms with E-state index in [-0.39, 0.29) is 11.3 Å². The minimum atomic E-state index is -0.847. The number of ether oxygens (including phenoxy) is 1. The van der Waals surface area contributed by atoms with E-state index < -0.39 is 29.3 Å². The number of pyridine rings is 1. The number of esters is 1. The minimum Gasteiger partial charge on any atom is -0.452 e. The number of para-hydroxylation sites is 1. The molecule has 0 saturated heterocycles. The number of carbonyl (C=O) groups excluding carboxylic acids is 3. The van der Waals surface area contributed by atoms with Crippen molar-refractivity contribution in [1.82, 2.24) is 10.3 Å². The van der Waals surface area contributed by atoms with E-state index in [1.807, 2.05) is 35.7 Å². The highest BCUT2D eigenvalue weighted by molar-refractivity contribution is 7.10. The summed E-state index contributed by atoms with van der Waals surface area (Å²) >= 11 is 1.62. The maximum atomic E-state index is 13.3. The van der Waals surface area contributed by atoms with Gasteiger partial charge in [-0.1, -0.05) is 30.3 Å². The van der Waals surface area contributed by atoms with Gasteiger partial charge in [-0.05, 0) is 60.1 Å². The summed E-state index contributed by atoms with van der Waals surface area (Å²) in [4.78, 5) is 54.4. The van der Waals surface area contributed by atoms with Crippen molar-refractivity contribution in [3.8, 4) is 0 Å². The summed E-state index contributed by atoms with van der Waals surface area (Å²) in [6, 6.07) is 16.3. The number of imide groups is 1. The Bertz CT molecular complexity index is 1610. The van der Waals surface area contributed by atoms with Gasteiger partial charge in [-0.3, -0.25) is 25.0 Å². The Morgan fingerprint density at radius 3 is 2.71 bits per heavy atom. The van der Waals surface area contributed by atoms with E-state index in [1.54, 1.807) is 17.4 Å². The molecule has 4 aromatic rings. The van der Waals surface area contributed by atoms with Gasteiger partial charge >= 0.3 is 5.97 Å². The lowest BCUT2D eigenvalue weighted by Crippen LogP contribution is -2.34. The first kappa shape index (κ1) is 25.0. The van der Waals surface area contributed by atoms with Gasteiger partial charge in [-0.15, -0.1) is 11.3 Å². The number of amides is 2. The van der Waals surface area contributed by atoms with Gasteiger partial charge < -0.3 is 4.74 Å². The summed E-state index contributed by atoms with van der Waals surface area (Å²) in [7, 11) is 0. The molecule has 1 N–H and O–H groups in total. The van der Waals surface area contributed by atoms with Crippen molar-refractivity contribution in [2.24, 2.45) is 0 Å². The summed E-state index contributed by atoms with van der Waals surface area (Å²) in [6.07, 6.45) is 4.39. The van der Waals surface area contributed by atoms with Gasteiger partial charge in [0.1, 0.15) is 0 Å². The number of hydrogen-bond donors (Lipinski definition) is 1. The number of nitrogens with one attached hydrogen (secondary N) is 1. The molecule has 9 nitrogen and oxygen atoms in total. The number of carbonyl (C=O) groups is 3. The smallest absolute Gasteiger partial charge is 0.339 e. The van der Waals surface area contributed by atoms with E-state index >= 15 is 0 Å². The Kier molecular flexibility index (Phi) is 7.05. The van der Waals surface area contributed by atoms with Gasteiger partial charge in [0.15, 0.2) is 6.61 Å². The highest BCUT2D eigenvalue weighted by Gasteiger charge is 2.26. The molecule has 0 atom stereocenters. The van der Waals surface area contributed by atoms with Gasteiger partial charge in [0, 0.05) is 28.0 Å². The van der Waals surface area contributed by atoms with E-state index in [4.69, 9.17) is 9.72 Å². The molecule has 0 bridgehead atoms. The van der Waals surface area contributed by atoms with E-state index in [2.05, 4.69) is 11.4 Å². The molecule has 0 unspecified atom stereocenters. The van der Waals surface area contributed by atoms with Crippen LogP contribution in [0.1, 0.15) is 49.7 Å². The molecule has 2 aromatic carbocycles. The zero-order valence-electron chi connectivity index (χ0n) is 20.0. The monoisotopic (exact) mass is 527 g/mol. The Balaban J connectivity index is 1.38. The van der Waals surface area contributed by atoms with Crippen LogP contribution in [0.3, 0.4) is 0 Å². The number of allylic oxidation sites excluding steroid dienone is 1. The number of nitrogens with zero attached hydrogens (tertiary/aromatic N) is 2. The first-order valence-electron chi connectivity index (χ1n) is 11.8. The molecule has 0 aliphatic heterocycles. The number of nitro benzene ring substituents is 1. The number of thiophene rings is 1. The predicted molar refractivity (Wildman–Crippen MR) is 143 cm³/mol. The number of hydrogen-bond acceptors (Lipinski definition) is 8. The number of aromatic nitrogens is 1. The fraction of sp³-hybridized carbons (Fsp3) is 0.143. The van der Waals surface area contributed by atoms with Gasteiger partial charge in [0.25, 0.3) is 17.5 Å². The van der Waals surface area contributed by atoms with Crippen LogP contribution in [0.25, 0.3) is 22.6 Å². The van der Waals surface area contributed by atoms with Crippen molar-refractivity contribution in [2.75, 3.05) is 6.61 Å². The zero-order chi connectivity index (χ0) is 26.6. The SMILES string of the molecule is O=C(COC(=O)c1c2c(nc3ccccc13)/C(=C/c1cccs1)CCC2)NC(=O)c1cccc([N+](=O)[O-])c1. The molecule has 1 aliphatic carbocycles. The van der Waals surface area contributed by atoms with Crippen LogP contribution in [0.4, 0.5) is 5.69 Å². The third-order valence-corrected chi connectivity index (χ3v) is 6.96. The molecule has 10 heteroatoms. The average molecular weight is 528 g/mol. The van der Waals surface area contributed by atoms with E-state index in [0.29, 0.717) is 22.9 Å². The number of non-ortho nitro benzene ring substituents is 1. The van der Waals surface area contributed by atoms with Crippen LogP contribution in [-0.4, -0.2) is 34.3 Å². The Hall–Kier alpha value is -4.70. The van der Waals surface area contributed by atoms with Crippen LogP contribution >= 0.6 is 11.3 Å². The standard InChI is InChI=1S/C28H21N3O6S/c32-24(30-27(33)18-7-3-8-19(14-18)31(35)36)16-37-28(34)25-21-10-1-2-12-23(21)29-26-17(6-4-11-22(25)26)15-20-9-5-13-38-20/h1-3,5,7-10,12-15H,4,6,11,16H2,(H,30,32,33)/b17-15+. The molecule has 2 amide bonds. The van der Waals surface area contributed by atoms with Crippen LogP contribution in [0.2, 0.25) is 0 Å². The van der Waals surface area contributed by atoms with Gasteiger partial charge in [-0.25, -0.2) is 9.78 Å². The predicted octanol–water partition coefficient (Wildman–Crippen LogP) is 5.19. The summed E-state index contributed by atoms with van der Waals surface area (Å²) < 4.78 is 5.35. The van der Waals surface area contributed by atoms with Crippen molar-refractivity contribution >= 4 is 57.4 Å². The second kappa shape index (κ2) is 10.7. The molecular weight excluding hydrogens is 506 g/mol. The largest absolute Gasteiger partial charge is 0.452 e. The molecule has 2 aromatic heterocycles. The van der Waals surface area contributed by atoms with Crippen molar-refractivity contribution in [3.05, 3.63) is 103 Å². The maximum Gasteiger partial charge on any atom is 0.339 e. The molecule has 2 heterocycles. The fourth-order valence-corrected chi connectivity index (χ4v) is 5.13. The Morgan fingerprint density at radius 1 is 1.08 bits per heavy atom. The summed E-state index contributed by atoms with van der Waals surface area (Å²) in [5, 5.41) is 15.7. The van der Waals surface area contributed by atoms with Crippen molar-refractivity contribution in [2.45, 2.75) is 19.3 Å². The van der Waals surface area contributed by atoms with E-state index in [0.717, 1.165) is 40.6 Å². The molecule has 0 spiro atoms. The summed E-state index contributed by atoms with van der Waals surface area (Å²) in [6.45, 7) is -0.692. The number of nitro groups is 1. The normalized spacial score (nSPS) is 13.6. The highest BCUT2D eigenvalue weighted by atomic mass is 32.1. The van der Waals surface area contributed by atoms with Crippen LogP contribution in [0, 0.1) is 10.1 Å². The van der Waals surface area contributed by atoms with Crippen LogP contribution in [-0.2, 0) is 16.0 Å². The number of fused-ring (bicyclic) bond motifs is 2. The van der Waals surface area contributed by atoms with Crippen LogP contribution < -0.4 is 5.32 Å². The van der Waals surface area contributed by atoms with Crippen LogP contribution in [0.5, 0.6) is 0 Å². The number of rotatable bonds is 6. The second-order valence-corrected chi connectivity index (χ2v) is 9.61. The molecule has 38 heavy (non-hydrogen) atoms. The quantitative estimate of drug-likeness (QED) is 0.207. The van der Waals surface area contributed by atoms with Crippen molar-refractivity contribution < 1.29 is 24.0 Å². The summed E-state index contributed by atoms with van der Waals surface area (Å²) in [5.74, 6) is -2.36. The van der Waals surface area contributed by atoms with Crippen molar-refractivity contribution in [3.63, 3.8) is 0 Å². The molecular formula is C28H21N3O6S. The summed E-state index contributed by atoms with van der Waals surface area (Å²) in [5.41, 5.74) is 3.23. The zero-order valence-corrected chi connectivity index (χ0v) is 20.8. The molecule has 1 aliphatic rings. The first-order chi connectivity index (χ1) is 18.4.